The summed E-state index contributed by atoms with van der Waals surface area (Å²) in [5, 5.41) is 7.17. The molecule has 4 nitrogen and oxygen atoms in total. The van der Waals surface area contributed by atoms with Crippen molar-refractivity contribution >= 4 is 27.4 Å². The summed E-state index contributed by atoms with van der Waals surface area (Å²) in [4.78, 5) is 13.1. The second-order valence-electron chi connectivity index (χ2n) is 7.78. The Morgan fingerprint density at radius 1 is 1.29 bits per heavy atom. The molecule has 1 aliphatic heterocycles. The standard InChI is InChI=1S/C19H30N4S/c1-12(2)8-16-11-24-19-17(16)18(21-14(5)22-19)20-9-15-6-7-23(10-15)13(3)4/h11-13,15H,6-10H2,1-5H3,(H,20,21,22). The second-order valence-corrected chi connectivity index (χ2v) is 8.64. The Morgan fingerprint density at radius 2 is 2.08 bits per heavy atom. The van der Waals surface area contributed by atoms with Crippen molar-refractivity contribution in [1.29, 1.82) is 0 Å². The van der Waals surface area contributed by atoms with Gasteiger partial charge >= 0.3 is 0 Å². The maximum atomic E-state index is 4.73. The third kappa shape index (κ3) is 3.89. The van der Waals surface area contributed by atoms with Crippen LogP contribution in [0.2, 0.25) is 0 Å². The van der Waals surface area contributed by atoms with E-state index >= 15 is 0 Å². The molecule has 5 heteroatoms. The summed E-state index contributed by atoms with van der Waals surface area (Å²) in [7, 11) is 0. The normalized spacial score (nSPS) is 19.0. The first-order chi connectivity index (χ1) is 11.4. The van der Waals surface area contributed by atoms with Gasteiger partial charge < -0.3 is 10.2 Å². The fourth-order valence-electron chi connectivity index (χ4n) is 3.56. The third-order valence-corrected chi connectivity index (χ3v) is 5.78. The molecule has 1 atom stereocenters. The molecule has 3 rings (SSSR count). The zero-order chi connectivity index (χ0) is 17.3. The van der Waals surface area contributed by atoms with Gasteiger partial charge in [0.1, 0.15) is 16.5 Å². The topological polar surface area (TPSA) is 41.1 Å². The summed E-state index contributed by atoms with van der Waals surface area (Å²) in [5.74, 6) is 3.26. The molecule has 2 aromatic heterocycles. The van der Waals surface area contributed by atoms with Crippen LogP contribution >= 0.6 is 11.3 Å². The summed E-state index contributed by atoms with van der Waals surface area (Å²) >= 11 is 1.75. The smallest absolute Gasteiger partial charge is 0.138 e. The van der Waals surface area contributed by atoms with Gasteiger partial charge in [-0.3, -0.25) is 0 Å². The molecule has 3 heterocycles. The first-order valence-electron chi connectivity index (χ1n) is 9.16. The molecule has 0 bridgehead atoms. The Bertz CT molecular complexity index is 692. The van der Waals surface area contributed by atoms with Crippen molar-refractivity contribution in [1.82, 2.24) is 14.9 Å². The van der Waals surface area contributed by atoms with Crippen molar-refractivity contribution in [3.05, 3.63) is 16.8 Å². The maximum Gasteiger partial charge on any atom is 0.138 e. The van der Waals surface area contributed by atoms with Crippen LogP contribution in [0.4, 0.5) is 5.82 Å². The minimum absolute atomic E-state index is 0.645. The van der Waals surface area contributed by atoms with Gasteiger partial charge in [-0.25, -0.2) is 9.97 Å². The van der Waals surface area contributed by atoms with Crippen LogP contribution in [0.1, 0.15) is 45.5 Å². The summed E-state index contributed by atoms with van der Waals surface area (Å²) in [6.07, 6.45) is 2.37. The van der Waals surface area contributed by atoms with E-state index in [1.807, 2.05) is 6.92 Å². The van der Waals surface area contributed by atoms with E-state index in [-0.39, 0.29) is 0 Å². The summed E-state index contributed by atoms with van der Waals surface area (Å²) < 4.78 is 0. The van der Waals surface area contributed by atoms with Gasteiger partial charge in [-0.1, -0.05) is 13.8 Å². The van der Waals surface area contributed by atoms with Gasteiger partial charge in [0.05, 0.1) is 5.39 Å². The Balaban J connectivity index is 1.77. The maximum absolute atomic E-state index is 4.73. The van der Waals surface area contributed by atoms with Crippen LogP contribution in [-0.2, 0) is 6.42 Å². The van der Waals surface area contributed by atoms with Crippen LogP contribution in [0.5, 0.6) is 0 Å². The summed E-state index contributed by atoms with van der Waals surface area (Å²) in [5.41, 5.74) is 1.39. The van der Waals surface area contributed by atoms with Crippen LogP contribution in [0.25, 0.3) is 10.2 Å². The minimum atomic E-state index is 0.645. The average molecular weight is 347 g/mol. The lowest BCUT2D eigenvalue weighted by Crippen LogP contribution is -2.29. The van der Waals surface area contributed by atoms with Gasteiger partial charge in [0.15, 0.2) is 0 Å². The van der Waals surface area contributed by atoms with Crippen LogP contribution in [0.15, 0.2) is 5.38 Å². The van der Waals surface area contributed by atoms with Crippen molar-refractivity contribution < 1.29 is 0 Å². The molecule has 132 valence electrons. The summed E-state index contributed by atoms with van der Waals surface area (Å²) in [6.45, 7) is 14.5. The Morgan fingerprint density at radius 3 is 2.75 bits per heavy atom. The third-order valence-electron chi connectivity index (χ3n) is 4.86. The van der Waals surface area contributed by atoms with E-state index < -0.39 is 0 Å². The van der Waals surface area contributed by atoms with Crippen molar-refractivity contribution in [2.24, 2.45) is 11.8 Å². The molecule has 0 aliphatic carbocycles. The van der Waals surface area contributed by atoms with Crippen LogP contribution in [0.3, 0.4) is 0 Å². The van der Waals surface area contributed by atoms with Gasteiger partial charge in [0.25, 0.3) is 0 Å². The fraction of sp³-hybridized carbons (Fsp3) is 0.684. The monoisotopic (exact) mass is 346 g/mol. The molecule has 0 amide bonds. The first kappa shape index (κ1) is 17.6. The van der Waals surface area contributed by atoms with Crippen LogP contribution < -0.4 is 5.32 Å². The number of fused-ring (bicyclic) bond motifs is 1. The predicted molar refractivity (Wildman–Crippen MR) is 104 cm³/mol. The molecular weight excluding hydrogens is 316 g/mol. The van der Waals surface area contributed by atoms with E-state index in [0.717, 1.165) is 29.4 Å². The second kappa shape index (κ2) is 7.36. The fourth-order valence-corrected chi connectivity index (χ4v) is 4.56. The molecule has 0 spiro atoms. The summed E-state index contributed by atoms with van der Waals surface area (Å²) in [6, 6.07) is 0.650. The van der Waals surface area contributed by atoms with Gasteiger partial charge in [-0.2, -0.15) is 0 Å². The molecule has 1 fully saturated rings. The lowest BCUT2D eigenvalue weighted by Gasteiger charge is -2.20. The Kier molecular flexibility index (Phi) is 5.40. The van der Waals surface area contributed by atoms with E-state index in [4.69, 9.17) is 4.98 Å². The molecule has 0 saturated carbocycles. The largest absolute Gasteiger partial charge is 0.369 e. The number of aromatic nitrogens is 2. The highest BCUT2D eigenvalue weighted by molar-refractivity contribution is 7.17. The lowest BCUT2D eigenvalue weighted by molar-refractivity contribution is 0.266. The number of aryl methyl sites for hydroxylation is 1. The van der Waals surface area contributed by atoms with Crippen molar-refractivity contribution in [3.63, 3.8) is 0 Å². The molecular formula is C19H30N4S. The van der Waals surface area contributed by atoms with E-state index in [2.05, 4.69) is 48.3 Å². The van der Waals surface area contributed by atoms with E-state index in [9.17, 15) is 0 Å². The number of hydrogen-bond donors (Lipinski definition) is 1. The van der Waals surface area contributed by atoms with Crippen LogP contribution in [-0.4, -0.2) is 40.5 Å². The highest BCUT2D eigenvalue weighted by atomic mass is 32.1. The number of nitrogens with zero attached hydrogens (tertiary/aromatic N) is 3. The SMILES string of the molecule is Cc1nc(NCC2CCN(C(C)C)C2)c2c(CC(C)C)csc2n1. The lowest BCUT2D eigenvalue weighted by atomic mass is 10.0. The molecule has 1 saturated heterocycles. The van der Waals surface area contributed by atoms with Gasteiger partial charge in [0, 0.05) is 19.1 Å². The molecule has 1 unspecified atom stereocenters. The molecule has 2 aromatic rings. The molecule has 1 N–H and O–H groups in total. The average Bonchev–Trinajstić information content (AvgIpc) is 3.11. The van der Waals surface area contributed by atoms with Crippen LogP contribution in [0, 0.1) is 18.8 Å². The van der Waals surface area contributed by atoms with E-state index in [1.54, 1.807) is 11.3 Å². The van der Waals surface area contributed by atoms with Gasteiger partial charge in [-0.05, 0) is 62.9 Å². The number of likely N-dealkylation sites (tertiary alicyclic amines) is 1. The van der Waals surface area contributed by atoms with Gasteiger partial charge in [0.2, 0.25) is 0 Å². The molecule has 1 aliphatic rings. The minimum Gasteiger partial charge on any atom is -0.369 e. The number of nitrogens with one attached hydrogen (secondary N) is 1. The number of hydrogen-bond acceptors (Lipinski definition) is 5. The Hall–Kier alpha value is -1.20. The van der Waals surface area contributed by atoms with Crippen molar-refractivity contribution in [3.8, 4) is 0 Å². The number of thiophene rings is 1. The number of anilines is 1. The number of rotatable bonds is 6. The molecule has 0 aromatic carbocycles. The highest BCUT2D eigenvalue weighted by Crippen LogP contribution is 2.32. The van der Waals surface area contributed by atoms with E-state index in [1.165, 1.54) is 30.5 Å². The quantitative estimate of drug-likeness (QED) is 0.845. The Labute approximate surface area is 149 Å². The first-order valence-corrected chi connectivity index (χ1v) is 10.0. The van der Waals surface area contributed by atoms with Crippen molar-refractivity contribution in [2.75, 3.05) is 25.0 Å². The van der Waals surface area contributed by atoms with Gasteiger partial charge in [-0.15, -0.1) is 11.3 Å². The van der Waals surface area contributed by atoms with E-state index in [0.29, 0.717) is 17.9 Å². The zero-order valence-corrected chi connectivity index (χ0v) is 16.4. The van der Waals surface area contributed by atoms with Crippen molar-refractivity contribution in [2.45, 2.75) is 53.5 Å². The molecule has 0 radical (unpaired) electrons. The molecule has 24 heavy (non-hydrogen) atoms. The predicted octanol–water partition coefficient (Wildman–Crippen LogP) is 4.34. The zero-order valence-electron chi connectivity index (χ0n) is 15.6. The highest BCUT2D eigenvalue weighted by Gasteiger charge is 2.24.